The Hall–Kier alpha value is -5.84. The van der Waals surface area contributed by atoms with Crippen molar-refractivity contribution in [3.8, 4) is 17.3 Å². The van der Waals surface area contributed by atoms with Gasteiger partial charge in [-0.15, -0.1) is 53.6 Å². The topological polar surface area (TPSA) is 46.7 Å². The summed E-state index contributed by atoms with van der Waals surface area (Å²) in [5.74, 6) is 1.96. The number of furan rings is 1. The third-order valence-electron chi connectivity index (χ3n) is 9.88. The number of para-hydroxylation sites is 5. The van der Waals surface area contributed by atoms with Crippen molar-refractivity contribution in [3.05, 3.63) is 164 Å². The van der Waals surface area contributed by atoms with Crippen LogP contribution in [0.15, 0.2) is 144 Å². The molecule has 0 saturated heterocycles. The zero-order valence-electron chi connectivity index (χ0n) is 29.3. The number of pyridine rings is 1. The van der Waals surface area contributed by atoms with Crippen molar-refractivity contribution in [2.24, 2.45) is 0 Å². The molecule has 4 heterocycles. The van der Waals surface area contributed by atoms with E-state index in [1.165, 1.54) is 0 Å². The van der Waals surface area contributed by atoms with Crippen LogP contribution in [0, 0.1) is 18.8 Å². The fourth-order valence-electron chi connectivity index (χ4n) is 7.27. The monoisotopic (exact) mass is 868 g/mol. The SMILES string of the molecule is CC(C)(C)c1cc(Oc2[c-]c3c(cc2)c2ccccc2n3-c2cc3oc4ccccc4c3cn2)[c-]c(N2[CH-]N(c3ccccc3)c3ccccc32)c1.[Pt]. The number of fused-ring (bicyclic) bond motifs is 7. The number of rotatable bonds is 5. The summed E-state index contributed by atoms with van der Waals surface area (Å²) in [5, 5.41) is 4.22. The largest absolute Gasteiger partial charge is 0.509 e. The molecule has 3 aromatic heterocycles. The second-order valence-corrected chi connectivity index (χ2v) is 14.2. The molecule has 6 nitrogen and oxygen atoms in total. The van der Waals surface area contributed by atoms with E-state index in [2.05, 4.69) is 151 Å². The molecule has 262 valence electrons. The number of benzene rings is 6. The van der Waals surface area contributed by atoms with E-state index in [1.54, 1.807) is 0 Å². The van der Waals surface area contributed by atoms with E-state index in [9.17, 15) is 0 Å². The molecule has 0 atom stereocenters. The molecule has 0 spiro atoms. The Balaban J connectivity index is 0.00000372. The number of ether oxygens (including phenoxy) is 1. The number of hydrogen-bond donors (Lipinski definition) is 0. The van der Waals surface area contributed by atoms with Crippen LogP contribution in [0.1, 0.15) is 26.3 Å². The van der Waals surface area contributed by atoms with Gasteiger partial charge in [-0.2, -0.15) is 6.07 Å². The Bertz CT molecular complexity index is 2820. The predicted octanol–water partition coefficient (Wildman–Crippen LogP) is 12.2. The van der Waals surface area contributed by atoms with Gasteiger partial charge in [-0.25, -0.2) is 4.98 Å². The summed E-state index contributed by atoms with van der Waals surface area (Å²) in [6.07, 6.45) is 1.90. The van der Waals surface area contributed by atoms with Crippen LogP contribution in [0.3, 0.4) is 0 Å². The summed E-state index contributed by atoms with van der Waals surface area (Å²) in [6, 6.07) is 52.9. The van der Waals surface area contributed by atoms with Crippen molar-refractivity contribution in [1.82, 2.24) is 9.55 Å². The molecule has 0 N–H and O–H groups in total. The molecule has 10 rings (SSSR count). The van der Waals surface area contributed by atoms with Crippen molar-refractivity contribution < 1.29 is 30.2 Å². The maximum absolute atomic E-state index is 6.70. The first-order chi connectivity index (χ1) is 25.4. The van der Waals surface area contributed by atoms with Crippen LogP contribution >= 0.6 is 0 Å². The van der Waals surface area contributed by atoms with Gasteiger partial charge < -0.3 is 23.5 Å². The third kappa shape index (κ3) is 5.57. The van der Waals surface area contributed by atoms with Crippen LogP contribution < -0.4 is 14.5 Å². The molecule has 1 aliphatic heterocycles. The first kappa shape index (κ1) is 33.0. The Labute approximate surface area is 322 Å². The second kappa shape index (κ2) is 12.7. The fraction of sp³-hybridized carbons (Fsp3) is 0.0870. The van der Waals surface area contributed by atoms with Gasteiger partial charge in [-0.05, 0) is 47.2 Å². The van der Waals surface area contributed by atoms with Crippen molar-refractivity contribution in [1.29, 1.82) is 0 Å². The molecule has 0 unspecified atom stereocenters. The zero-order valence-corrected chi connectivity index (χ0v) is 31.6. The number of anilines is 4. The minimum Gasteiger partial charge on any atom is -0.509 e. The van der Waals surface area contributed by atoms with Crippen molar-refractivity contribution >= 4 is 66.5 Å². The first-order valence-electron chi connectivity index (χ1n) is 17.5. The smallest absolute Gasteiger partial charge is 0.140 e. The summed E-state index contributed by atoms with van der Waals surface area (Å²) >= 11 is 0. The maximum atomic E-state index is 6.70. The normalized spacial score (nSPS) is 12.9. The average Bonchev–Trinajstić information content (AvgIpc) is 3.84. The Kier molecular flexibility index (Phi) is 7.90. The fourth-order valence-corrected chi connectivity index (χ4v) is 7.27. The van der Waals surface area contributed by atoms with Gasteiger partial charge in [0.05, 0.1) is 0 Å². The summed E-state index contributed by atoms with van der Waals surface area (Å²) < 4.78 is 15.1. The molecule has 0 radical (unpaired) electrons. The Morgan fingerprint density at radius 3 is 2.17 bits per heavy atom. The minimum absolute atomic E-state index is 0. The molecular weight excluding hydrogens is 836 g/mol. The summed E-state index contributed by atoms with van der Waals surface area (Å²) in [4.78, 5) is 9.35. The van der Waals surface area contributed by atoms with Gasteiger partial charge in [0, 0.05) is 78.2 Å². The van der Waals surface area contributed by atoms with E-state index in [1.807, 2.05) is 42.6 Å². The second-order valence-electron chi connectivity index (χ2n) is 14.2. The van der Waals surface area contributed by atoms with Crippen LogP contribution in [-0.2, 0) is 26.5 Å². The summed E-state index contributed by atoms with van der Waals surface area (Å²) in [6.45, 7) is 8.79. The average molecular weight is 869 g/mol. The van der Waals surface area contributed by atoms with E-state index in [4.69, 9.17) is 14.1 Å². The predicted molar refractivity (Wildman–Crippen MR) is 210 cm³/mol. The molecule has 9 aromatic rings. The van der Waals surface area contributed by atoms with Crippen molar-refractivity contribution in [2.45, 2.75) is 26.2 Å². The van der Waals surface area contributed by atoms with E-state index < -0.39 is 0 Å². The van der Waals surface area contributed by atoms with E-state index in [-0.39, 0.29) is 26.5 Å². The molecule has 0 aliphatic carbocycles. The van der Waals surface area contributed by atoms with Gasteiger partial charge in [0.1, 0.15) is 17.0 Å². The van der Waals surface area contributed by atoms with Gasteiger partial charge in [0.25, 0.3) is 0 Å². The standard InChI is InChI=1S/C46H33N4O2.Pt/c1-46(2,3)30-23-32(49-29-48(31-13-5-4-6-14-31)40-18-10-11-19-41(40)49)25-34(24-30)51-33-21-22-36-35-15-7-9-17-39(35)50(42(36)26-33)45-27-44-38(28-47-45)37-16-8-12-20-43(37)52-44;/h4-24,27-29H,1-3H3;/q-3;. The molecule has 1 aliphatic rings. The van der Waals surface area contributed by atoms with Crippen molar-refractivity contribution in [2.75, 3.05) is 9.80 Å². The van der Waals surface area contributed by atoms with Gasteiger partial charge >= 0.3 is 0 Å². The molecule has 0 fully saturated rings. The van der Waals surface area contributed by atoms with Crippen LogP contribution in [0.4, 0.5) is 22.7 Å². The van der Waals surface area contributed by atoms with Crippen LogP contribution in [0.5, 0.6) is 11.5 Å². The summed E-state index contributed by atoms with van der Waals surface area (Å²) in [5.41, 5.74) is 8.70. The molecule has 53 heavy (non-hydrogen) atoms. The Morgan fingerprint density at radius 1 is 0.642 bits per heavy atom. The molecule has 0 saturated carbocycles. The Morgan fingerprint density at radius 2 is 1.36 bits per heavy atom. The van der Waals surface area contributed by atoms with Gasteiger partial charge in [0.15, 0.2) is 0 Å². The van der Waals surface area contributed by atoms with E-state index >= 15 is 0 Å². The quantitative estimate of drug-likeness (QED) is 0.161. The van der Waals surface area contributed by atoms with E-state index in [0.29, 0.717) is 11.5 Å². The van der Waals surface area contributed by atoms with Crippen molar-refractivity contribution in [3.63, 3.8) is 0 Å². The number of hydrogen-bond acceptors (Lipinski definition) is 5. The van der Waals surface area contributed by atoms with E-state index in [0.717, 1.165) is 77.9 Å². The molecule has 0 bridgehead atoms. The molecule has 7 heteroatoms. The number of aromatic nitrogens is 2. The van der Waals surface area contributed by atoms with Crippen LogP contribution in [-0.4, -0.2) is 9.55 Å². The molecule has 0 amide bonds. The first-order valence-corrected chi connectivity index (χ1v) is 17.5. The maximum Gasteiger partial charge on any atom is 0.140 e. The molecule has 6 aromatic carbocycles. The van der Waals surface area contributed by atoms with Crippen LogP contribution in [0.25, 0.3) is 49.6 Å². The number of nitrogens with zero attached hydrogens (tertiary/aromatic N) is 4. The zero-order chi connectivity index (χ0) is 35.0. The van der Waals surface area contributed by atoms with Crippen LogP contribution in [0.2, 0.25) is 0 Å². The summed E-state index contributed by atoms with van der Waals surface area (Å²) in [7, 11) is 0. The van der Waals surface area contributed by atoms with Gasteiger partial charge in [-0.3, -0.25) is 0 Å². The molecular formula is C46H33N4O2Pt-3. The van der Waals surface area contributed by atoms with Gasteiger partial charge in [-0.1, -0.05) is 93.0 Å². The third-order valence-corrected chi connectivity index (χ3v) is 9.88. The minimum atomic E-state index is -0.138. The van der Waals surface area contributed by atoms with Gasteiger partial charge in [0.2, 0.25) is 0 Å².